The van der Waals surface area contributed by atoms with E-state index >= 15 is 0 Å². The number of ether oxygens (including phenoxy) is 1. The average Bonchev–Trinajstić information content (AvgIpc) is 2.38. The van der Waals surface area contributed by atoms with Gasteiger partial charge in [0.15, 0.2) is 0 Å². The van der Waals surface area contributed by atoms with Gasteiger partial charge in [-0.05, 0) is 29.3 Å². The highest BCUT2D eigenvalue weighted by Crippen LogP contribution is 2.16. The molecule has 0 saturated carbocycles. The SMILES string of the molecule is COc1ccc(C=Cc2ccccc2N)cc1. The van der Waals surface area contributed by atoms with Crippen LogP contribution in [0.4, 0.5) is 5.69 Å². The molecular formula is C15H15NO. The quantitative estimate of drug-likeness (QED) is 0.641. The van der Waals surface area contributed by atoms with Gasteiger partial charge < -0.3 is 10.5 Å². The van der Waals surface area contributed by atoms with Crippen LogP contribution < -0.4 is 10.5 Å². The molecule has 0 aliphatic heterocycles. The average molecular weight is 225 g/mol. The standard InChI is InChI=1S/C15H15NO/c1-17-14-10-7-12(8-11-14)6-9-13-4-2-3-5-15(13)16/h2-11H,16H2,1H3. The second-order valence-corrected chi connectivity index (χ2v) is 3.74. The molecule has 0 fully saturated rings. The van der Waals surface area contributed by atoms with Crippen LogP contribution in [0.15, 0.2) is 48.5 Å². The van der Waals surface area contributed by atoms with E-state index in [1.165, 1.54) is 0 Å². The van der Waals surface area contributed by atoms with Crippen molar-refractivity contribution in [3.63, 3.8) is 0 Å². The van der Waals surface area contributed by atoms with Crippen LogP contribution >= 0.6 is 0 Å². The van der Waals surface area contributed by atoms with Crippen molar-refractivity contribution in [2.45, 2.75) is 0 Å². The predicted molar refractivity (Wildman–Crippen MR) is 72.8 cm³/mol. The number of nitrogens with two attached hydrogens (primary N) is 1. The van der Waals surface area contributed by atoms with Crippen molar-refractivity contribution < 1.29 is 4.74 Å². The minimum Gasteiger partial charge on any atom is -0.497 e. The number of anilines is 1. The maximum Gasteiger partial charge on any atom is 0.118 e. The molecule has 0 radical (unpaired) electrons. The highest BCUT2D eigenvalue weighted by molar-refractivity contribution is 5.75. The molecule has 2 N–H and O–H groups in total. The molecule has 86 valence electrons. The van der Waals surface area contributed by atoms with E-state index in [0.29, 0.717) is 0 Å². The minimum absolute atomic E-state index is 0.789. The number of nitrogen functional groups attached to an aromatic ring is 1. The van der Waals surface area contributed by atoms with Gasteiger partial charge >= 0.3 is 0 Å². The number of hydrogen-bond acceptors (Lipinski definition) is 2. The van der Waals surface area contributed by atoms with Gasteiger partial charge in [0.2, 0.25) is 0 Å². The Bertz CT molecular complexity index is 515. The number of methoxy groups -OCH3 is 1. The van der Waals surface area contributed by atoms with E-state index in [9.17, 15) is 0 Å². The van der Waals surface area contributed by atoms with Crippen molar-refractivity contribution in [1.29, 1.82) is 0 Å². The smallest absolute Gasteiger partial charge is 0.118 e. The summed E-state index contributed by atoms with van der Waals surface area (Å²) < 4.78 is 5.11. The number of rotatable bonds is 3. The summed E-state index contributed by atoms with van der Waals surface area (Å²) in [7, 11) is 1.66. The van der Waals surface area contributed by atoms with E-state index < -0.39 is 0 Å². The fourth-order valence-electron chi connectivity index (χ4n) is 1.56. The molecule has 0 bridgehead atoms. The molecule has 0 aliphatic carbocycles. The fourth-order valence-corrected chi connectivity index (χ4v) is 1.56. The summed E-state index contributed by atoms with van der Waals surface area (Å²) in [5.74, 6) is 0.862. The number of hydrogen-bond donors (Lipinski definition) is 1. The van der Waals surface area contributed by atoms with Crippen molar-refractivity contribution in [3.8, 4) is 5.75 Å². The van der Waals surface area contributed by atoms with Crippen LogP contribution in [-0.2, 0) is 0 Å². The van der Waals surface area contributed by atoms with Crippen LogP contribution in [0, 0.1) is 0 Å². The van der Waals surface area contributed by atoms with E-state index in [2.05, 4.69) is 0 Å². The van der Waals surface area contributed by atoms with E-state index in [1.54, 1.807) is 7.11 Å². The Hall–Kier alpha value is -2.22. The first-order valence-corrected chi connectivity index (χ1v) is 5.46. The first-order valence-electron chi connectivity index (χ1n) is 5.46. The lowest BCUT2D eigenvalue weighted by Crippen LogP contribution is -1.87. The molecule has 0 atom stereocenters. The molecule has 2 aromatic carbocycles. The molecule has 0 saturated heterocycles. The molecule has 2 aromatic rings. The zero-order valence-electron chi connectivity index (χ0n) is 9.76. The van der Waals surface area contributed by atoms with Crippen molar-refractivity contribution >= 4 is 17.8 Å². The monoisotopic (exact) mass is 225 g/mol. The normalized spacial score (nSPS) is 10.6. The largest absolute Gasteiger partial charge is 0.497 e. The van der Waals surface area contributed by atoms with E-state index in [-0.39, 0.29) is 0 Å². The maximum absolute atomic E-state index is 5.86. The molecule has 2 nitrogen and oxygen atoms in total. The molecule has 0 spiro atoms. The molecule has 2 heteroatoms. The van der Waals surface area contributed by atoms with Gasteiger partial charge in [-0.1, -0.05) is 42.5 Å². The molecule has 0 amide bonds. The molecule has 0 heterocycles. The number of benzene rings is 2. The first kappa shape index (κ1) is 11.3. The molecule has 17 heavy (non-hydrogen) atoms. The highest BCUT2D eigenvalue weighted by atomic mass is 16.5. The zero-order valence-corrected chi connectivity index (χ0v) is 9.76. The maximum atomic E-state index is 5.86. The summed E-state index contributed by atoms with van der Waals surface area (Å²) in [4.78, 5) is 0. The summed E-state index contributed by atoms with van der Waals surface area (Å²) in [6.07, 6.45) is 4.04. The van der Waals surface area contributed by atoms with Gasteiger partial charge in [-0.2, -0.15) is 0 Å². The Kier molecular flexibility index (Phi) is 3.46. The second-order valence-electron chi connectivity index (χ2n) is 3.74. The summed E-state index contributed by atoms with van der Waals surface area (Å²) >= 11 is 0. The van der Waals surface area contributed by atoms with Crippen LogP contribution in [0.25, 0.3) is 12.2 Å². The molecule has 0 aliphatic rings. The van der Waals surface area contributed by atoms with Gasteiger partial charge in [-0.25, -0.2) is 0 Å². The molecule has 0 unspecified atom stereocenters. The lowest BCUT2D eigenvalue weighted by atomic mass is 10.1. The summed E-state index contributed by atoms with van der Waals surface area (Å²) in [6, 6.07) is 15.7. The number of para-hydroxylation sites is 1. The van der Waals surface area contributed by atoms with Gasteiger partial charge in [0.1, 0.15) is 5.75 Å². The van der Waals surface area contributed by atoms with Crippen molar-refractivity contribution in [3.05, 3.63) is 59.7 Å². The topological polar surface area (TPSA) is 35.2 Å². The Morgan fingerprint density at radius 1 is 0.941 bits per heavy atom. The van der Waals surface area contributed by atoms with Crippen molar-refractivity contribution in [1.82, 2.24) is 0 Å². The Labute approximate surface area is 101 Å². The summed E-state index contributed by atoms with van der Waals surface area (Å²) in [5, 5.41) is 0. The van der Waals surface area contributed by atoms with E-state index in [1.807, 2.05) is 60.7 Å². The molecular weight excluding hydrogens is 210 g/mol. The van der Waals surface area contributed by atoms with Gasteiger partial charge in [0, 0.05) is 5.69 Å². The fraction of sp³-hybridized carbons (Fsp3) is 0.0667. The highest BCUT2D eigenvalue weighted by Gasteiger charge is 1.93. The van der Waals surface area contributed by atoms with E-state index in [4.69, 9.17) is 10.5 Å². The van der Waals surface area contributed by atoms with Gasteiger partial charge in [-0.3, -0.25) is 0 Å². The van der Waals surface area contributed by atoms with Crippen molar-refractivity contribution in [2.24, 2.45) is 0 Å². The van der Waals surface area contributed by atoms with Gasteiger partial charge in [0.05, 0.1) is 7.11 Å². The van der Waals surface area contributed by atoms with Gasteiger partial charge in [0.25, 0.3) is 0 Å². The minimum atomic E-state index is 0.789. The first-order chi connectivity index (χ1) is 8.29. The summed E-state index contributed by atoms with van der Waals surface area (Å²) in [6.45, 7) is 0. The third-order valence-electron chi connectivity index (χ3n) is 2.57. The van der Waals surface area contributed by atoms with Crippen LogP contribution in [0.1, 0.15) is 11.1 Å². The predicted octanol–water partition coefficient (Wildman–Crippen LogP) is 3.45. The Morgan fingerprint density at radius 2 is 1.65 bits per heavy atom. The third kappa shape index (κ3) is 2.88. The third-order valence-corrected chi connectivity index (χ3v) is 2.57. The van der Waals surface area contributed by atoms with Crippen LogP contribution in [0.2, 0.25) is 0 Å². The van der Waals surface area contributed by atoms with Crippen LogP contribution in [0.5, 0.6) is 5.75 Å². The lowest BCUT2D eigenvalue weighted by Gasteiger charge is -2.00. The zero-order chi connectivity index (χ0) is 12.1. The molecule has 0 aromatic heterocycles. The molecule has 2 rings (SSSR count). The Balaban J connectivity index is 2.17. The summed E-state index contributed by atoms with van der Waals surface area (Å²) in [5.41, 5.74) is 8.80. The lowest BCUT2D eigenvalue weighted by molar-refractivity contribution is 0.415. The van der Waals surface area contributed by atoms with Crippen LogP contribution in [0.3, 0.4) is 0 Å². The van der Waals surface area contributed by atoms with Crippen molar-refractivity contribution in [2.75, 3.05) is 12.8 Å². The second kappa shape index (κ2) is 5.21. The van der Waals surface area contributed by atoms with Gasteiger partial charge in [-0.15, -0.1) is 0 Å². The van der Waals surface area contributed by atoms with E-state index in [0.717, 1.165) is 22.6 Å². The Morgan fingerprint density at radius 3 is 2.29 bits per heavy atom. The van der Waals surface area contributed by atoms with Crippen LogP contribution in [-0.4, -0.2) is 7.11 Å².